The number of aliphatic hydroxyl groups is 3. The molecular weight excluding hydrogens is 775 g/mol. The number of hydrogen-bond acceptors (Lipinski definition) is 4. The van der Waals surface area contributed by atoms with E-state index in [0.717, 1.165) is 51.4 Å². The highest BCUT2D eigenvalue weighted by Crippen LogP contribution is 2.16. The number of nitrogens with one attached hydrogen (secondary N) is 1. The van der Waals surface area contributed by atoms with Crippen LogP contribution in [0.5, 0.6) is 0 Å². The lowest BCUT2D eigenvalue weighted by Crippen LogP contribution is -2.48. The molecule has 0 saturated heterocycles. The monoisotopic (exact) mass is 882 g/mol. The number of hydrogen-bond donors (Lipinski definition) is 4. The molecule has 0 aromatic rings. The van der Waals surface area contributed by atoms with Crippen molar-refractivity contribution in [3.63, 3.8) is 0 Å². The van der Waals surface area contributed by atoms with Crippen molar-refractivity contribution in [2.45, 2.75) is 295 Å². The van der Waals surface area contributed by atoms with E-state index in [4.69, 9.17) is 0 Å². The van der Waals surface area contributed by atoms with Crippen LogP contribution in [0.1, 0.15) is 277 Å². The van der Waals surface area contributed by atoms with Crippen LogP contribution in [-0.2, 0) is 4.79 Å². The number of carbonyl (C=O) groups is 1. The van der Waals surface area contributed by atoms with Gasteiger partial charge in [0.1, 0.15) is 6.10 Å². The molecule has 0 radical (unpaired) electrons. The summed E-state index contributed by atoms with van der Waals surface area (Å²) < 4.78 is 0. The first-order chi connectivity index (χ1) is 31.1. The zero-order chi connectivity index (χ0) is 45.8. The Labute approximate surface area is 392 Å². The van der Waals surface area contributed by atoms with Gasteiger partial charge >= 0.3 is 0 Å². The summed E-state index contributed by atoms with van der Waals surface area (Å²) in [5, 5.41) is 33.3. The third-order valence-corrected chi connectivity index (χ3v) is 12.6. The van der Waals surface area contributed by atoms with Crippen LogP contribution in [0, 0.1) is 0 Å². The van der Waals surface area contributed by atoms with Crippen molar-refractivity contribution >= 4 is 5.91 Å². The molecule has 5 nitrogen and oxygen atoms in total. The van der Waals surface area contributed by atoms with Crippen molar-refractivity contribution in [1.82, 2.24) is 5.32 Å². The highest BCUT2D eigenvalue weighted by Gasteiger charge is 2.22. The molecule has 0 spiro atoms. The standard InChI is InChI=1S/C58H107NO4/c1-3-5-7-9-11-13-15-17-19-21-22-23-24-25-26-27-28-29-30-31-32-33-34-35-37-39-41-43-45-47-49-51-53-57(62)58(63)59-55(54-60)56(61)52-50-48-46-44-42-40-38-36-20-18-16-14-12-10-8-6-4-2/h20,22-23,25-26,36,42,44,50,52,55-57,60-62H,3-19,21,24,27-35,37-41,43,45-49,51,53-54H2,1-2H3,(H,59,63)/b23-22-,26-25-,36-20+,44-42+,52-50+. The molecule has 0 saturated carbocycles. The number of allylic oxidation sites excluding steroid dienone is 9. The van der Waals surface area contributed by atoms with Crippen LogP contribution >= 0.6 is 0 Å². The molecule has 4 N–H and O–H groups in total. The molecule has 63 heavy (non-hydrogen) atoms. The molecular formula is C58H107NO4. The minimum Gasteiger partial charge on any atom is -0.394 e. The molecule has 1 amide bonds. The third kappa shape index (κ3) is 47.8. The number of aliphatic hydroxyl groups excluding tert-OH is 3. The third-order valence-electron chi connectivity index (χ3n) is 12.6. The molecule has 0 bridgehead atoms. The van der Waals surface area contributed by atoms with Gasteiger partial charge in [0.05, 0.1) is 18.8 Å². The molecule has 0 aromatic carbocycles. The molecule has 0 aliphatic heterocycles. The first-order valence-corrected chi connectivity index (χ1v) is 27.6. The molecule has 3 atom stereocenters. The Morgan fingerprint density at radius 2 is 0.698 bits per heavy atom. The topological polar surface area (TPSA) is 89.8 Å². The normalized spacial score (nSPS) is 13.8. The summed E-state index contributed by atoms with van der Waals surface area (Å²) in [5.41, 5.74) is 0. The van der Waals surface area contributed by atoms with Gasteiger partial charge in [-0.3, -0.25) is 4.79 Å². The van der Waals surface area contributed by atoms with Crippen LogP contribution in [0.25, 0.3) is 0 Å². The van der Waals surface area contributed by atoms with Crippen LogP contribution in [-0.4, -0.2) is 46.1 Å². The Hall–Kier alpha value is -1.95. The SMILES string of the molecule is CCCCCCCCC/C=C/CC/C=C/CC/C=C/C(O)C(CO)NC(=O)C(O)CCCCCCCCCCCCCCCCCC/C=C\C/C=C\CCCCCCCCCCC. The van der Waals surface area contributed by atoms with E-state index in [1.807, 2.05) is 6.08 Å². The molecule has 0 aromatic heterocycles. The highest BCUT2D eigenvalue weighted by atomic mass is 16.3. The van der Waals surface area contributed by atoms with Gasteiger partial charge in [0.15, 0.2) is 0 Å². The molecule has 3 unspecified atom stereocenters. The van der Waals surface area contributed by atoms with Crippen LogP contribution in [0.15, 0.2) is 60.8 Å². The van der Waals surface area contributed by atoms with Crippen LogP contribution in [0.4, 0.5) is 0 Å². The van der Waals surface area contributed by atoms with Gasteiger partial charge < -0.3 is 20.6 Å². The van der Waals surface area contributed by atoms with Gasteiger partial charge in [-0.2, -0.15) is 0 Å². The number of unbranched alkanes of at least 4 members (excludes halogenated alkanes) is 34. The Morgan fingerprint density at radius 1 is 0.397 bits per heavy atom. The second-order valence-electron chi connectivity index (χ2n) is 18.8. The summed E-state index contributed by atoms with van der Waals surface area (Å²) in [7, 11) is 0. The highest BCUT2D eigenvalue weighted by molar-refractivity contribution is 5.80. The second-order valence-corrected chi connectivity index (χ2v) is 18.8. The van der Waals surface area contributed by atoms with Gasteiger partial charge in [-0.15, -0.1) is 0 Å². The predicted molar refractivity (Wildman–Crippen MR) is 277 cm³/mol. The van der Waals surface area contributed by atoms with Crippen LogP contribution in [0.3, 0.4) is 0 Å². The quantitative estimate of drug-likeness (QED) is 0.0362. The van der Waals surface area contributed by atoms with E-state index in [1.54, 1.807) is 6.08 Å². The van der Waals surface area contributed by atoms with Crippen molar-refractivity contribution in [2.24, 2.45) is 0 Å². The van der Waals surface area contributed by atoms with Crippen molar-refractivity contribution < 1.29 is 20.1 Å². The van der Waals surface area contributed by atoms with Crippen molar-refractivity contribution in [1.29, 1.82) is 0 Å². The summed E-state index contributed by atoms with van der Waals surface area (Å²) in [5.74, 6) is -0.516. The fourth-order valence-corrected chi connectivity index (χ4v) is 8.25. The van der Waals surface area contributed by atoms with E-state index in [9.17, 15) is 20.1 Å². The maximum absolute atomic E-state index is 12.5. The van der Waals surface area contributed by atoms with Crippen molar-refractivity contribution in [3.8, 4) is 0 Å². The van der Waals surface area contributed by atoms with Gasteiger partial charge in [-0.1, -0.05) is 261 Å². The van der Waals surface area contributed by atoms with Gasteiger partial charge in [0.25, 0.3) is 0 Å². The number of rotatable bonds is 50. The second kappa shape index (κ2) is 52.7. The first kappa shape index (κ1) is 61.0. The molecule has 0 heterocycles. The average Bonchev–Trinajstić information content (AvgIpc) is 3.29. The maximum atomic E-state index is 12.5. The maximum Gasteiger partial charge on any atom is 0.249 e. The number of amides is 1. The Balaban J connectivity index is 3.59. The molecule has 0 fully saturated rings. The van der Waals surface area contributed by atoms with Gasteiger partial charge in [0.2, 0.25) is 5.91 Å². The molecule has 0 aliphatic rings. The number of carbonyl (C=O) groups excluding carboxylic acids is 1. The summed E-state index contributed by atoms with van der Waals surface area (Å²) in [6.45, 7) is 4.17. The Bertz CT molecular complexity index is 1060. The molecule has 0 aliphatic carbocycles. The van der Waals surface area contributed by atoms with E-state index in [-0.39, 0.29) is 6.61 Å². The Kier molecular flexibility index (Phi) is 51.0. The van der Waals surface area contributed by atoms with E-state index >= 15 is 0 Å². The largest absolute Gasteiger partial charge is 0.394 e. The summed E-state index contributed by atoms with van der Waals surface area (Å²) in [6, 6.07) is -0.823. The molecule has 0 rings (SSSR count). The van der Waals surface area contributed by atoms with Gasteiger partial charge in [-0.05, 0) is 77.0 Å². The Morgan fingerprint density at radius 3 is 1.06 bits per heavy atom. The van der Waals surface area contributed by atoms with E-state index in [1.165, 1.54) is 205 Å². The zero-order valence-corrected chi connectivity index (χ0v) is 42.0. The van der Waals surface area contributed by atoms with Crippen LogP contribution in [0.2, 0.25) is 0 Å². The minimum absolute atomic E-state index is 0.382. The fraction of sp³-hybridized carbons (Fsp3) is 0.810. The van der Waals surface area contributed by atoms with Gasteiger partial charge in [-0.25, -0.2) is 0 Å². The molecule has 5 heteroatoms. The summed E-state index contributed by atoms with van der Waals surface area (Å²) in [4.78, 5) is 12.5. The minimum atomic E-state index is -1.11. The van der Waals surface area contributed by atoms with Crippen molar-refractivity contribution in [2.75, 3.05) is 6.61 Å². The van der Waals surface area contributed by atoms with Crippen molar-refractivity contribution in [3.05, 3.63) is 60.8 Å². The first-order valence-electron chi connectivity index (χ1n) is 27.6. The summed E-state index contributed by atoms with van der Waals surface area (Å²) in [6.07, 6.45) is 71.5. The lowest BCUT2D eigenvalue weighted by Gasteiger charge is -2.21. The van der Waals surface area contributed by atoms with E-state index < -0.39 is 24.2 Å². The lowest BCUT2D eigenvalue weighted by molar-refractivity contribution is -0.131. The average molecular weight is 882 g/mol. The predicted octanol–water partition coefficient (Wildman–Crippen LogP) is 17.0. The van der Waals surface area contributed by atoms with E-state index in [0.29, 0.717) is 6.42 Å². The summed E-state index contributed by atoms with van der Waals surface area (Å²) >= 11 is 0. The fourth-order valence-electron chi connectivity index (χ4n) is 8.25. The molecule has 368 valence electrons. The lowest BCUT2D eigenvalue weighted by atomic mass is 10.0. The zero-order valence-electron chi connectivity index (χ0n) is 42.0. The van der Waals surface area contributed by atoms with E-state index in [2.05, 4.69) is 67.8 Å². The van der Waals surface area contributed by atoms with Crippen LogP contribution < -0.4 is 5.32 Å². The smallest absolute Gasteiger partial charge is 0.249 e. The van der Waals surface area contributed by atoms with Gasteiger partial charge in [0, 0.05) is 0 Å².